The third-order valence-corrected chi connectivity index (χ3v) is 5.06. The number of hydrogen-bond donors (Lipinski definition) is 1. The first-order valence-corrected chi connectivity index (χ1v) is 9.77. The fourth-order valence-corrected chi connectivity index (χ4v) is 3.16. The molecule has 0 bridgehead atoms. The van der Waals surface area contributed by atoms with Crippen molar-refractivity contribution in [2.75, 3.05) is 6.54 Å². The average Bonchev–Trinajstić information content (AvgIpc) is 3.55. The molecule has 1 heterocycles. The summed E-state index contributed by atoms with van der Waals surface area (Å²) in [5.41, 5.74) is -0.518. The highest BCUT2D eigenvalue weighted by Gasteiger charge is 2.25. The molecule has 0 spiro atoms. The van der Waals surface area contributed by atoms with Gasteiger partial charge in [0, 0.05) is 12.1 Å². The van der Waals surface area contributed by atoms with Crippen molar-refractivity contribution in [3.63, 3.8) is 0 Å². The van der Waals surface area contributed by atoms with Crippen LogP contribution in [0.2, 0.25) is 0 Å². The number of nitrogens with zero attached hydrogens (tertiary/aromatic N) is 3. The molecule has 1 aromatic heterocycles. The van der Waals surface area contributed by atoms with Crippen LogP contribution in [0.1, 0.15) is 34.5 Å². The van der Waals surface area contributed by atoms with Gasteiger partial charge in [-0.3, -0.25) is 14.2 Å². The molecule has 0 unspecified atom stereocenters. The van der Waals surface area contributed by atoms with Gasteiger partial charge in [-0.15, -0.1) is 0 Å². The normalized spacial score (nSPS) is 13.3. The first-order valence-electron chi connectivity index (χ1n) is 9.77. The van der Waals surface area contributed by atoms with E-state index < -0.39 is 28.7 Å². The quantitative estimate of drug-likeness (QED) is 0.676. The molecule has 1 N–H and O–H groups in total. The third-order valence-electron chi connectivity index (χ3n) is 5.06. The number of hydrogen-bond acceptors (Lipinski definition) is 4. The number of aromatic nitrogens is 3. The van der Waals surface area contributed by atoms with Crippen molar-refractivity contribution in [2.24, 2.45) is 5.92 Å². The highest BCUT2D eigenvalue weighted by molar-refractivity contribution is 5.91. The fourth-order valence-electron chi connectivity index (χ4n) is 3.16. The van der Waals surface area contributed by atoms with Gasteiger partial charge in [-0.25, -0.2) is 9.18 Å². The summed E-state index contributed by atoms with van der Waals surface area (Å²) in [5.74, 6) is -0.768. The Bertz CT molecular complexity index is 1230. The van der Waals surface area contributed by atoms with Gasteiger partial charge in [0.25, 0.3) is 11.5 Å². The van der Waals surface area contributed by atoms with E-state index in [9.17, 15) is 18.8 Å². The maximum absolute atomic E-state index is 14.2. The van der Waals surface area contributed by atoms with Crippen LogP contribution in [-0.2, 0) is 6.54 Å². The molecule has 0 aliphatic heterocycles. The molecule has 0 saturated heterocycles. The number of halogens is 1. The summed E-state index contributed by atoms with van der Waals surface area (Å²) >= 11 is 0. The van der Waals surface area contributed by atoms with Crippen LogP contribution in [0.3, 0.4) is 0 Å². The summed E-state index contributed by atoms with van der Waals surface area (Å²) in [6.07, 6.45) is 2.07. The van der Waals surface area contributed by atoms with Crippen LogP contribution in [0.5, 0.6) is 0 Å². The zero-order valence-electron chi connectivity index (χ0n) is 16.5. The van der Waals surface area contributed by atoms with Crippen LogP contribution in [0.25, 0.3) is 5.69 Å². The van der Waals surface area contributed by atoms with Gasteiger partial charge in [0.05, 0.1) is 12.2 Å². The zero-order valence-corrected chi connectivity index (χ0v) is 16.5. The first-order chi connectivity index (χ1) is 14.4. The predicted molar refractivity (Wildman–Crippen MR) is 109 cm³/mol. The van der Waals surface area contributed by atoms with Crippen molar-refractivity contribution in [3.8, 4) is 5.69 Å². The lowest BCUT2D eigenvalue weighted by Crippen LogP contribution is -2.46. The van der Waals surface area contributed by atoms with E-state index in [0.717, 1.165) is 27.7 Å². The maximum Gasteiger partial charge on any atom is 0.352 e. The molecule has 2 aromatic carbocycles. The lowest BCUT2D eigenvalue weighted by Gasteiger charge is -2.13. The van der Waals surface area contributed by atoms with Gasteiger partial charge in [-0.2, -0.15) is 9.78 Å². The number of amides is 1. The Labute approximate surface area is 171 Å². The minimum Gasteiger partial charge on any atom is -0.350 e. The van der Waals surface area contributed by atoms with Crippen LogP contribution in [0, 0.1) is 18.7 Å². The molecule has 1 fully saturated rings. The Hall–Kier alpha value is -3.55. The number of nitrogens with one attached hydrogen (secondary N) is 1. The van der Waals surface area contributed by atoms with Crippen LogP contribution in [0.4, 0.5) is 4.39 Å². The van der Waals surface area contributed by atoms with E-state index in [2.05, 4.69) is 10.4 Å². The summed E-state index contributed by atoms with van der Waals surface area (Å²) in [4.78, 5) is 38.7. The van der Waals surface area contributed by atoms with Crippen molar-refractivity contribution in [1.29, 1.82) is 0 Å². The summed E-state index contributed by atoms with van der Waals surface area (Å²) in [7, 11) is 0. The van der Waals surface area contributed by atoms with Crippen LogP contribution in [-0.4, -0.2) is 26.8 Å². The third kappa shape index (κ3) is 4.07. The number of carbonyl (C=O) groups excluding carboxylic acids is 1. The SMILES string of the molecule is Cc1cccc(-n2nc(C(=O)NCC3CC3)c(=O)n(Cc3ccccc3F)c2=O)c1. The van der Waals surface area contributed by atoms with Crippen molar-refractivity contribution >= 4 is 5.91 Å². The molecular weight excluding hydrogens is 387 g/mol. The van der Waals surface area contributed by atoms with E-state index >= 15 is 0 Å². The lowest BCUT2D eigenvalue weighted by molar-refractivity contribution is 0.0942. The average molecular weight is 408 g/mol. The Kier molecular flexibility index (Phi) is 5.31. The summed E-state index contributed by atoms with van der Waals surface area (Å²) in [5, 5.41) is 6.78. The Balaban J connectivity index is 1.84. The second kappa shape index (κ2) is 8.06. The number of benzene rings is 2. The summed E-state index contributed by atoms with van der Waals surface area (Å²) in [6, 6.07) is 12.9. The van der Waals surface area contributed by atoms with Crippen LogP contribution < -0.4 is 16.6 Å². The Morgan fingerprint density at radius 1 is 1.17 bits per heavy atom. The van der Waals surface area contributed by atoms with Gasteiger partial charge in [0.1, 0.15) is 5.82 Å². The molecule has 3 aromatic rings. The molecule has 30 heavy (non-hydrogen) atoms. The molecule has 1 saturated carbocycles. The van der Waals surface area contributed by atoms with Gasteiger partial charge in [0.2, 0.25) is 5.69 Å². The van der Waals surface area contributed by atoms with E-state index in [1.54, 1.807) is 24.3 Å². The van der Waals surface area contributed by atoms with E-state index in [0.29, 0.717) is 18.2 Å². The highest BCUT2D eigenvalue weighted by atomic mass is 19.1. The van der Waals surface area contributed by atoms with E-state index in [1.807, 2.05) is 13.0 Å². The maximum atomic E-state index is 14.2. The number of rotatable bonds is 6. The fraction of sp³-hybridized carbons (Fsp3) is 0.273. The summed E-state index contributed by atoms with van der Waals surface area (Å²) in [6.45, 7) is 2.01. The van der Waals surface area contributed by atoms with E-state index in [4.69, 9.17) is 0 Å². The smallest absolute Gasteiger partial charge is 0.350 e. The van der Waals surface area contributed by atoms with Gasteiger partial charge >= 0.3 is 5.69 Å². The van der Waals surface area contributed by atoms with Crippen molar-refractivity contribution in [2.45, 2.75) is 26.3 Å². The molecule has 154 valence electrons. The standard InChI is InChI=1S/C22H21FN4O3/c1-14-5-4-7-17(11-14)27-22(30)26(13-16-6-2-3-8-18(16)23)21(29)19(25-27)20(28)24-12-15-9-10-15/h2-8,11,15H,9-10,12-13H2,1H3,(H,24,28). The van der Waals surface area contributed by atoms with Gasteiger partial charge in [-0.1, -0.05) is 30.3 Å². The molecule has 4 rings (SSSR count). The predicted octanol–water partition coefficient (Wildman–Crippen LogP) is 2.03. The van der Waals surface area contributed by atoms with Crippen molar-refractivity contribution < 1.29 is 9.18 Å². The molecule has 0 atom stereocenters. The zero-order chi connectivity index (χ0) is 21.3. The molecule has 1 aliphatic carbocycles. The lowest BCUT2D eigenvalue weighted by atomic mass is 10.2. The molecular formula is C22H21FN4O3. The minimum atomic E-state index is -0.847. The second-order valence-corrected chi connectivity index (χ2v) is 7.52. The molecule has 8 heteroatoms. The monoisotopic (exact) mass is 408 g/mol. The largest absolute Gasteiger partial charge is 0.352 e. The number of carbonyl (C=O) groups is 1. The van der Waals surface area contributed by atoms with Gasteiger partial charge in [0.15, 0.2) is 0 Å². The molecule has 1 amide bonds. The minimum absolute atomic E-state index is 0.169. The molecule has 7 nitrogen and oxygen atoms in total. The topological polar surface area (TPSA) is 86.0 Å². The van der Waals surface area contributed by atoms with Crippen molar-refractivity contribution in [3.05, 3.63) is 92.0 Å². The van der Waals surface area contributed by atoms with E-state index in [-0.39, 0.29) is 12.1 Å². The van der Waals surface area contributed by atoms with Crippen LogP contribution in [0.15, 0.2) is 58.1 Å². The summed E-state index contributed by atoms with van der Waals surface area (Å²) < 4.78 is 16.0. The van der Waals surface area contributed by atoms with Gasteiger partial charge in [-0.05, 0) is 49.4 Å². The Morgan fingerprint density at radius 3 is 2.63 bits per heavy atom. The molecule has 1 aliphatic rings. The highest BCUT2D eigenvalue weighted by Crippen LogP contribution is 2.27. The molecule has 0 radical (unpaired) electrons. The van der Waals surface area contributed by atoms with Crippen LogP contribution >= 0.6 is 0 Å². The number of aryl methyl sites for hydroxylation is 1. The first kappa shape index (κ1) is 19.8. The van der Waals surface area contributed by atoms with Gasteiger partial charge < -0.3 is 5.32 Å². The van der Waals surface area contributed by atoms with Crippen molar-refractivity contribution in [1.82, 2.24) is 19.7 Å². The Morgan fingerprint density at radius 2 is 1.93 bits per heavy atom. The van der Waals surface area contributed by atoms with E-state index in [1.165, 1.54) is 18.2 Å². The second-order valence-electron chi connectivity index (χ2n) is 7.52.